The first-order chi connectivity index (χ1) is 15.1. The van der Waals surface area contributed by atoms with Gasteiger partial charge >= 0.3 is 0 Å². The van der Waals surface area contributed by atoms with E-state index in [1.807, 2.05) is 6.07 Å². The van der Waals surface area contributed by atoms with Crippen molar-refractivity contribution in [3.63, 3.8) is 0 Å². The zero-order valence-electron chi connectivity index (χ0n) is 17.1. The largest absolute Gasteiger partial charge is 0.350 e. The standard InChI is InChI=1S/C24H25FN4O2/c25-22-8-4-3-6-20(22)19-5-1-2-7-21(19)24(31)28-17-11-9-16(10-12-17)23(30)26-15-18-13-14-27-29-18/h1-8,13-14,16-17H,9-12,15H2,(H,26,30)(H,27,29)(H,28,31). The van der Waals surface area contributed by atoms with Gasteiger partial charge in [0.15, 0.2) is 0 Å². The molecule has 3 N–H and O–H groups in total. The molecule has 0 unspecified atom stereocenters. The van der Waals surface area contributed by atoms with Gasteiger partial charge < -0.3 is 10.6 Å². The van der Waals surface area contributed by atoms with Crippen LogP contribution in [0.2, 0.25) is 0 Å². The number of amides is 2. The Morgan fingerprint density at radius 1 is 0.968 bits per heavy atom. The molecule has 0 bridgehead atoms. The average molecular weight is 420 g/mol. The Hall–Kier alpha value is -3.48. The molecule has 6 nitrogen and oxygen atoms in total. The van der Waals surface area contributed by atoms with Crippen LogP contribution in [0.1, 0.15) is 41.7 Å². The summed E-state index contributed by atoms with van der Waals surface area (Å²) in [4.78, 5) is 25.4. The van der Waals surface area contributed by atoms with Gasteiger partial charge in [0.2, 0.25) is 5.91 Å². The number of nitrogens with zero attached hydrogens (tertiary/aromatic N) is 1. The zero-order valence-corrected chi connectivity index (χ0v) is 17.1. The van der Waals surface area contributed by atoms with Crippen molar-refractivity contribution in [1.29, 1.82) is 0 Å². The van der Waals surface area contributed by atoms with Gasteiger partial charge in [-0.2, -0.15) is 5.10 Å². The summed E-state index contributed by atoms with van der Waals surface area (Å²) in [6.07, 6.45) is 4.55. The second-order valence-electron chi connectivity index (χ2n) is 7.85. The normalized spacial score (nSPS) is 18.4. The lowest BCUT2D eigenvalue weighted by Crippen LogP contribution is -2.41. The van der Waals surface area contributed by atoms with Gasteiger partial charge in [0.1, 0.15) is 5.82 Å². The van der Waals surface area contributed by atoms with E-state index in [9.17, 15) is 14.0 Å². The summed E-state index contributed by atoms with van der Waals surface area (Å²) >= 11 is 0. The molecular weight excluding hydrogens is 395 g/mol. The summed E-state index contributed by atoms with van der Waals surface area (Å²) in [5, 5.41) is 12.7. The van der Waals surface area contributed by atoms with E-state index in [0.717, 1.165) is 18.5 Å². The average Bonchev–Trinajstić information content (AvgIpc) is 3.32. The topological polar surface area (TPSA) is 86.9 Å². The molecule has 0 aliphatic heterocycles. The fraction of sp³-hybridized carbons (Fsp3) is 0.292. The van der Waals surface area contributed by atoms with Crippen LogP contribution in [0, 0.1) is 11.7 Å². The molecule has 2 amide bonds. The molecule has 160 valence electrons. The van der Waals surface area contributed by atoms with Crippen LogP contribution >= 0.6 is 0 Å². The fourth-order valence-electron chi connectivity index (χ4n) is 4.07. The molecule has 1 aliphatic carbocycles. The van der Waals surface area contributed by atoms with Crippen LogP contribution in [0.25, 0.3) is 11.1 Å². The number of aromatic amines is 1. The summed E-state index contributed by atoms with van der Waals surface area (Å²) in [7, 11) is 0. The van der Waals surface area contributed by atoms with Crippen molar-refractivity contribution in [2.75, 3.05) is 0 Å². The lowest BCUT2D eigenvalue weighted by molar-refractivity contribution is -0.126. The molecule has 1 saturated carbocycles. The number of halogens is 1. The van der Waals surface area contributed by atoms with Crippen LogP contribution in [0.5, 0.6) is 0 Å². The van der Waals surface area contributed by atoms with E-state index in [2.05, 4.69) is 20.8 Å². The zero-order chi connectivity index (χ0) is 21.6. The van der Waals surface area contributed by atoms with E-state index in [-0.39, 0.29) is 29.6 Å². The number of nitrogens with one attached hydrogen (secondary N) is 3. The maximum atomic E-state index is 14.3. The SMILES string of the molecule is O=C(NC1CCC(C(=O)NCc2ccn[nH]2)CC1)c1ccccc1-c1ccccc1F. The van der Waals surface area contributed by atoms with Gasteiger partial charge in [0, 0.05) is 29.3 Å². The molecule has 1 fully saturated rings. The number of rotatable bonds is 6. The lowest BCUT2D eigenvalue weighted by Gasteiger charge is -2.28. The summed E-state index contributed by atoms with van der Waals surface area (Å²) in [6.45, 7) is 0.433. The first-order valence-electron chi connectivity index (χ1n) is 10.5. The van der Waals surface area contributed by atoms with Crippen molar-refractivity contribution in [1.82, 2.24) is 20.8 Å². The van der Waals surface area contributed by atoms with Crippen LogP contribution in [0.4, 0.5) is 4.39 Å². The molecule has 7 heteroatoms. The molecule has 0 atom stereocenters. The van der Waals surface area contributed by atoms with Crippen LogP contribution in [0.3, 0.4) is 0 Å². The highest BCUT2D eigenvalue weighted by molar-refractivity contribution is 6.01. The molecule has 1 heterocycles. The maximum Gasteiger partial charge on any atom is 0.252 e. The number of benzene rings is 2. The number of H-pyrrole nitrogens is 1. The Morgan fingerprint density at radius 3 is 2.39 bits per heavy atom. The van der Waals surface area contributed by atoms with Crippen LogP contribution in [-0.4, -0.2) is 28.1 Å². The number of aromatic nitrogens is 2. The minimum absolute atomic E-state index is 0.00201. The quantitative estimate of drug-likeness (QED) is 0.567. The highest BCUT2D eigenvalue weighted by Gasteiger charge is 2.27. The highest BCUT2D eigenvalue weighted by Crippen LogP contribution is 2.28. The van der Waals surface area contributed by atoms with Gasteiger partial charge in [0.25, 0.3) is 5.91 Å². The summed E-state index contributed by atoms with van der Waals surface area (Å²) in [6, 6.07) is 15.3. The van der Waals surface area contributed by atoms with Gasteiger partial charge in [-0.05, 0) is 49.4 Å². The van der Waals surface area contributed by atoms with Crippen LogP contribution in [-0.2, 0) is 11.3 Å². The first-order valence-corrected chi connectivity index (χ1v) is 10.5. The lowest BCUT2D eigenvalue weighted by atomic mass is 9.85. The second-order valence-corrected chi connectivity index (χ2v) is 7.85. The van der Waals surface area contributed by atoms with Gasteiger partial charge in [0.05, 0.1) is 12.2 Å². The molecule has 0 saturated heterocycles. The molecule has 4 rings (SSSR count). The second kappa shape index (κ2) is 9.55. The molecular formula is C24H25FN4O2. The summed E-state index contributed by atoms with van der Waals surface area (Å²) in [5.74, 6) is -0.596. The smallest absolute Gasteiger partial charge is 0.252 e. The van der Waals surface area contributed by atoms with Crippen LogP contribution < -0.4 is 10.6 Å². The van der Waals surface area contributed by atoms with E-state index in [1.165, 1.54) is 6.07 Å². The minimum Gasteiger partial charge on any atom is -0.350 e. The first kappa shape index (κ1) is 20.8. The van der Waals surface area contributed by atoms with Crippen molar-refractivity contribution in [2.45, 2.75) is 38.3 Å². The Morgan fingerprint density at radius 2 is 1.68 bits per heavy atom. The highest BCUT2D eigenvalue weighted by atomic mass is 19.1. The number of hydrogen-bond acceptors (Lipinski definition) is 3. The van der Waals surface area contributed by atoms with E-state index in [4.69, 9.17) is 0 Å². The van der Waals surface area contributed by atoms with Crippen LogP contribution in [0.15, 0.2) is 60.8 Å². The third kappa shape index (κ3) is 4.99. The predicted octanol–water partition coefficient (Wildman–Crippen LogP) is 3.82. The molecule has 2 aromatic carbocycles. The van der Waals surface area contributed by atoms with Gasteiger partial charge in [-0.1, -0.05) is 36.4 Å². The number of carbonyl (C=O) groups excluding carboxylic acids is 2. The Balaban J connectivity index is 1.34. The van der Waals surface area contributed by atoms with Gasteiger partial charge in [-0.3, -0.25) is 14.7 Å². The molecule has 3 aromatic rings. The fourth-order valence-corrected chi connectivity index (χ4v) is 4.07. The van der Waals surface area contributed by atoms with Gasteiger partial charge in [-0.25, -0.2) is 4.39 Å². The van der Waals surface area contributed by atoms with E-state index in [0.29, 0.717) is 36.1 Å². The van der Waals surface area contributed by atoms with E-state index >= 15 is 0 Å². The monoisotopic (exact) mass is 420 g/mol. The van der Waals surface area contributed by atoms with Crippen molar-refractivity contribution in [2.24, 2.45) is 5.92 Å². The maximum absolute atomic E-state index is 14.3. The Bertz CT molecular complexity index is 1040. The minimum atomic E-state index is -0.357. The van der Waals surface area contributed by atoms with Crippen molar-refractivity contribution in [3.05, 3.63) is 77.9 Å². The summed E-state index contributed by atoms with van der Waals surface area (Å²) < 4.78 is 14.3. The predicted molar refractivity (Wildman–Crippen MR) is 115 cm³/mol. The Kier molecular flexibility index (Phi) is 6.40. The molecule has 0 spiro atoms. The van der Waals surface area contributed by atoms with E-state index in [1.54, 1.807) is 48.7 Å². The van der Waals surface area contributed by atoms with Crippen molar-refractivity contribution < 1.29 is 14.0 Å². The third-order valence-electron chi connectivity index (χ3n) is 5.78. The summed E-state index contributed by atoms with van der Waals surface area (Å²) in [5.41, 5.74) is 2.30. The molecule has 1 aliphatic rings. The molecule has 0 radical (unpaired) electrons. The number of hydrogen-bond donors (Lipinski definition) is 3. The van der Waals surface area contributed by atoms with Crippen molar-refractivity contribution in [3.8, 4) is 11.1 Å². The van der Waals surface area contributed by atoms with Gasteiger partial charge in [-0.15, -0.1) is 0 Å². The van der Waals surface area contributed by atoms with E-state index < -0.39 is 0 Å². The molecule has 1 aromatic heterocycles. The number of carbonyl (C=O) groups is 2. The third-order valence-corrected chi connectivity index (χ3v) is 5.78. The molecule has 31 heavy (non-hydrogen) atoms. The Labute approximate surface area is 180 Å². The van der Waals surface area contributed by atoms with Crippen molar-refractivity contribution >= 4 is 11.8 Å².